The minimum atomic E-state index is 0.913. The van der Waals surface area contributed by atoms with Gasteiger partial charge in [0.15, 0.2) is 0 Å². The minimum absolute atomic E-state index is 0.913. The van der Waals surface area contributed by atoms with Crippen molar-refractivity contribution in [1.82, 2.24) is 19.9 Å². The third-order valence-electron chi connectivity index (χ3n) is 4.84. The van der Waals surface area contributed by atoms with Gasteiger partial charge in [0.2, 0.25) is 0 Å². The van der Waals surface area contributed by atoms with Gasteiger partial charge in [-0.05, 0) is 64.8 Å². The number of rotatable bonds is 4. The molecule has 0 amide bonds. The molecule has 4 heteroatoms. The van der Waals surface area contributed by atoms with Crippen molar-refractivity contribution < 1.29 is 0 Å². The molecule has 0 N–H and O–H groups in total. The molecule has 0 aliphatic carbocycles. The zero-order valence-corrected chi connectivity index (χ0v) is 17.4. The van der Waals surface area contributed by atoms with Gasteiger partial charge in [0.25, 0.3) is 0 Å². The Hall–Kier alpha value is -3.14. The number of aromatic nitrogens is 4. The van der Waals surface area contributed by atoms with Gasteiger partial charge in [0.05, 0.1) is 45.6 Å². The first-order valence-electron chi connectivity index (χ1n) is 9.43. The molecule has 4 nitrogen and oxygen atoms in total. The highest BCUT2D eigenvalue weighted by molar-refractivity contribution is 5.72. The summed E-state index contributed by atoms with van der Waals surface area (Å²) < 4.78 is 0. The maximum atomic E-state index is 4.62. The van der Waals surface area contributed by atoms with E-state index in [1.807, 2.05) is 53.7 Å². The molecule has 2 aromatic heterocycles. The van der Waals surface area contributed by atoms with Crippen LogP contribution in [0.2, 0.25) is 0 Å². The zero-order chi connectivity index (χ0) is 20.3. The minimum Gasteiger partial charge on any atom is -0.254 e. The van der Waals surface area contributed by atoms with E-state index in [9.17, 15) is 0 Å². The van der Waals surface area contributed by atoms with Crippen LogP contribution in [0.1, 0.15) is 56.7 Å². The predicted octanol–water partition coefficient (Wildman–Crippen LogP) is 5.46. The first-order valence-corrected chi connectivity index (χ1v) is 9.43. The summed E-state index contributed by atoms with van der Waals surface area (Å²) in [5.41, 5.74) is 9.87. The van der Waals surface area contributed by atoms with Crippen molar-refractivity contribution in [2.75, 3.05) is 0 Å². The molecule has 2 heterocycles. The van der Waals surface area contributed by atoms with E-state index in [1.165, 1.54) is 0 Å². The fourth-order valence-electron chi connectivity index (χ4n) is 2.85. The van der Waals surface area contributed by atoms with Gasteiger partial charge in [-0.15, -0.1) is 0 Å². The lowest BCUT2D eigenvalue weighted by Crippen LogP contribution is -1.98. The smallest absolute Gasteiger partial charge is 0.0845 e. The molecule has 0 bridgehead atoms. The van der Waals surface area contributed by atoms with Gasteiger partial charge >= 0.3 is 0 Å². The van der Waals surface area contributed by atoms with Crippen molar-refractivity contribution >= 4 is 24.3 Å². The lowest BCUT2D eigenvalue weighted by atomic mass is 10.1. The molecule has 0 aliphatic rings. The molecule has 0 fully saturated rings. The largest absolute Gasteiger partial charge is 0.254 e. The van der Waals surface area contributed by atoms with Crippen molar-refractivity contribution in [3.05, 3.63) is 80.9 Å². The second kappa shape index (κ2) is 8.26. The SMILES string of the molecule is Cc1nc(C)c(/C=C/c2ccc(/C=C/c3nc(C)c(C)nc3C)cc2)nc1C. The van der Waals surface area contributed by atoms with Crippen molar-refractivity contribution in [2.24, 2.45) is 0 Å². The van der Waals surface area contributed by atoms with Crippen LogP contribution in [-0.4, -0.2) is 19.9 Å². The summed E-state index contributed by atoms with van der Waals surface area (Å²) in [5.74, 6) is 0. The summed E-state index contributed by atoms with van der Waals surface area (Å²) in [7, 11) is 0. The van der Waals surface area contributed by atoms with Crippen molar-refractivity contribution in [1.29, 1.82) is 0 Å². The highest BCUT2D eigenvalue weighted by atomic mass is 14.8. The molecule has 0 spiro atoms. The summed E-state index contributed by atoms with van der Waals surface area (Å²) in [6, 6.07) is 8.38. The maximum absolute atomic E-state index is 4.62. The Kier molecular flexibility index (Phi) is 5.78. The molecule has 0 atom stereocenters. The maximum Gasteiger partial charge on any atom is 0.0845 e. The Morgan fingerprint density at radius 3 is 1.11 bits per heavy atom. The molecule has 3 aromatic rings. The molecule has 0 radical (unpaired) electrons. The second-order valence-electron chi connectivity index (χ2n) is 7.06. The number of nitrogens with zero attached hydrogens (tertiary/aromatic N) is 4. The molecular weight excluding hydrogens is 344 g/mol. The monoisotopic (exact) mass is 370 g/mol. The zero-order valence-electron chi connectivity index (χ0n) is 17.4. The third-order valence-corrected chi connectivity index (χ3v) is 4.84. The quantitative estimate of drug-likeness (QED) is 0.612. The summed E-state index contributed by atoms with van der Waals surface area (Å²) >= 11 is 0. The lowest BCUT2D eigenvalue weighted by molar-refractivity contribution is 0.991. The Morgan fingerprint density at radius 2 is 0.750 bits per heavy atom. The Balaban J connectivity index is 1.75. The Bertz CT molecular complexity index is 974. The third kappa shape index (κ3) is 4.58. The average Bonchev–Trinajstić information content (AvgIpc) is 2.66. The van der Waals surface area contributed by atoms with Crippen LogP contribution in [0.4, 0.5) is 0 Å². The van der Waals surface area contributed by atoms with Crippen LogP contribution < -0.4 is 0 Å². The fourth-order valence-corrected chi connectivity index (χ4v) is 2.85. The normalized spacial score (nSPS) is 11.6. The van der Waals surface area contributed by atoms with E-state index >= 15 is 0 Å². The molecular formula is C24H26N4. The van der Waals surface area contributed by atoms with Crippen LogP contribution in [0, 0.1) is 41.5 Å². The summed E-state index contributed by atoms with van der Waals surface area (Å²) in [5, 5.41) is 0. The molecule has 1 aromatic carbocycles. The highest BCUT2D eigenvalue weighted by Gasteiger charge is 2.03. The number of hydrogen-bond donors (Lipinski definition) is 0. The molecule has 3 rings (SSSR count). The summed E-state index contributed by atoms with van der Waals surface area (Å²) in [6.45, 7) is 11.9. The van der Waals surface area contributed by atoms with E-state index in [4.69, 9.17) is 0 Å². The summed E-state index contributed by atoms with van der Waals surface area (Å²) in [6.07, 6.45) is 8.18. The highest BCUT2D eigenvalue weighted by Crippen LogP contribution is 2.15. The molecule has 0 saturated heterocycles. The number of hydrogen-bond acceptors (Lipinski definition) is 4. The molecule has 0 saturated carbocycles. The van der Waals surface area contributed by atoms with Gasteiger partial charge in [-0.25, -0.2) is 9.97 Å². The topological polar surface area (TPSA) is 51.6 Å². The van der Waals surface area contributed by atoms with Gasteiger partial charge in [-0.2, -0.15) is 0 Å². The van der Waals surface area contributed by atoms with Gasteiger partial charge < -0.3 is 0 Å². The van der Waals surface area contributed by atoms with E-state index in [0.717, 1.165) is 56.7 Å². The first kappa shape index (κ1) is 19.6. The van der Waals surface area contributed by atoms with Gasteiger partial charge in [0, 0.05) is 0 Å². The molecule has 28 heavy (non-hydrogen) atoms. The lowest BCUT2D eigenvalue weighted by Gasteiger charge is -2.04. The Morgan fingerprint density at radius 1 is 0.429 bits per heavy atom. The molecule has 142 valence electrons. The van der Waals surface area contributed by atoms with Crippen LogP contribution in [0.5, 0.6) is 0 Å². The summed E-state index contributed by atoms with van der Waals surface area (Å²) in [4.78, 5) is 18.3. The second-order valence-corrected chi connectivity index (χ2v) is 7.06. The van der Waals surface area contributed by atoms with Crippen molar-refractivity contribution in [3.8, 4) is 0 Å². The average molecular weight is 371 g/mol. The van der Waals surface area contributed by atoms with Crippen LogP contribution >= 0.6 is 0 Å². The van der Waals surface area contributed by atoms with E-state index in [0.29, 0.717) is 0 Å². The molecule has 0 unspecified atom stereocenters. The van der Waals surface area contributed by atoms with Crippen molar-refractivity contribution in [3.63, 3.8) is 0 Å². The van der Waals surface area contributed by atoms with Crippen LogP contribution in [0.15, 0.2) is 24.3 Å². The van der Waals surface area contributed by atoms with Crippen molar-refractivity contribution in [2.45, 2.75) is 41.5 Å². The van der Waals surface area contributed by atoms with Crippen LogP contribution in [0.3, 0.4) is 0 Å². The standard InChI is InChI=1S/C24H26N4/c1-15-17(3)27-23(19(5)25-15)13-11-21-7-9-22(10-8-21)12-14-24-20(6)26-16(2)18(4)28-24/h7-14H,1-6H3/b13-11+,14-12+. The molecule has 0 aliphatic heterocycles. The van der Waals surface area contributed by atoms with E-state index in [1.54, 1.807) is 0 Å². The fraction of sp³-hybridized carbons (Fsp3) is 0.250. The van der Waals surface area contributed by atoms with Crippen LogP contribution in [0.25, 0.3) is 24.3 Å². The van der Waals surface area contributed by atoms with E-state index < -0.39 is 0 Å². The van der Waals surface area contributed by atoms with E-state index in [-0.39, 0.29) is 0 Å². The van der Waals surface area contributed by atoms with E-state index in [2.05, 4.69) is 56.4 Å². The van der Waals surface area contributed by atoms with Gasteiger partial charge in [-0.1, -0.05) is 36.4 Å². The van der Waals surface area contributed by atoms with Gasteiger partial charge in [0.1, 0.15) is 0 Å². The Labute approximate surface area is 167 Å². The van der Waals surface area contributed by atoms with Crippen LogP contribution in [-0.2, 0) is 0 Å². The van der Waals surface area contributed by atoms with Gasteiger partial charge in [-0.3, -0.25) is 9.97 Å². The first-order chi connectivity index (χ1) is 13.3. The number of aryl methyl sites for hydroxylation is 6. The predicted molar refractivity (Wildman–Crippen MR) is 117 cm³/mol. The number of benzene rings is 1.